The SMILES string of the molecule is c1cncc(C2CN(c3ncnc4[nH]ccc34)C2)c1. The molecule has 3 aromatic rings. The molecular formula is C14H13N5. The summed E-state index contributed by atoms with van der Waals surface area (Å²) in [4.78, 5) is 18.2. The zero-order valence-corrected chi connectivity index (χ0v) is 10.3. The first-order valence-electron chi connectivity index (χ1n) is 6.35. The fraction of sp³-hybridized carbons (Fsp3) is 0.214. The maximum Gasteiger partial charge on any atom is 0.142 e. The third kappa shape index (κ3) is 1.66. The lowest BCUT2D eigenvalue weighted by Crippen LogP contribution is -2.45. The second kappa shape index (κ2) is 4.05. The maximum absolute atomic E-state index is 4.41. The molecule has 0 aromatic carbocycles. The number of aromatic nitrogens is 4. The fourth-order valence-corrected chi connectivity index (χ4v) is 2.59. The van der Waals surface area contributed by atoms with Gasteiger partial charge in [0.15, 0.2) is 0 Å². The summed E-state index contributed by atoms with van der Waals surface area (Å²) in [5.41, 5.74) is 2.20. The standard InChI is InChI=1S/C14H13N5/c1-2-10(6-15-4-1)11-7-19(8-11)14-12-3-5-16-13(12)17-9-18-14/h1-6,9,11H,7-8H2,(H,16,17,18). The van der Waals surface area contributed by atoms with Crippen LogP contribution in [-0.2, 0) is 0 Å². The summed E-state index contributed by atoms with van der Waals surface area (Å²) in [6.45, 7) is 1.98. The van der Waals surface area contributed by atoms with Crippen molar-refractivity contribution < 1.29 is 0 Å². The van der Waals surface area contributed by atoms with E-state index in [1.54, 1.807) is 6.33 Å². The Kier molecular flexibility index (Phi) is 2.24. The number of nitrogens with one attached hydrogen (secondary N) is 1. The minimum Gasteiger partial charge on any atom is -0.355 e. The fourth-order valence-electron chi connectivity index (χ4n) is 2.59. The highest BCUT2D eigenvalue weighted by Gasteiger charge is 2.30. The van der Waals surface area contributed by atoms with E-state index in [2.05, 4.69) is 30.9 Å². The zero-order valence-electron chi connectivity index (χ0n) is 10.3. The number of fused-ring (bicyclic) bond motifs is 1. The first-order valence-corrected chi connectivity index (χ1v) is 6.35. The maximum atomic E-state index is 4.41. The van der Waals surface area contributed by atoms with Crippen LogP contribution >= 0.6 is 0 Å². The van der Waals surface area contributed by atoms with Crippen molar-refractivity contribution >= 4 is 16.9 Å². The average Bonchev–Trinajstić information content (AvgIpc) is 2.87. The number of aromatic amines is 1. The largest absolute Gasteiger partial charge is 0.355 e. The van der Waals surface area contributed by atoms with Crippen molar-refractivity contribution in [2.45, 2.75) is 5.92 Å². The molecule has 1 N–H and O–H groups in total. The molecule has 4 heterocycles. The molecule has 3 aromatic heterocycles. The van der Waals surface area contributed by atoms with Crippen LogP contribution in [0, 0.1) is 0 Å². The monoisotopic (exact) mass is 251 g/mol. The van der Waals surface area contributed by atoms with E-state index >= 15 is 0 Å². The summed E-state index contributed by atoms with van der Waals surface area (Å²) < 4.78 is 0. The number of hydrogen-bond donors (Lipinski definition) is 1. The Balaban J connectivity index is 1.59. The van der Waals surface area contributed by atoms with Crippen LogP contribution in [0.15, 0.2) is 43.1 Å². The predicted molar refractivity (Wildman–Crippen MR) is 73.1 cm³/mol. The molecule has 1 aliphatic heterocycles. The highest BCUT2D eigenvalue weighted by atomic mass is 15.2. The molecule has 0 spiro atoms. The molecule has 0 atom stereocenters. The van der Waals surface area contributed by atoms with Gasteiger partial charge in [-0.2, -0.15) is 0 Å². The lowest BCUT2D eigenvalue weighted by molar-refractivity contribution is 0.520. The van der Waals surface area contributed by atoms with Gasteiger partial charge in [0, 0.05) is 37.6 Å². The molecule has 0 aliphatic carbocycles. The molecule has 0 radical (unpaired) electrons. The molecule has 94 valence electrons. The van der Waals surface area contributed by atoms with E-state index in [-0.39, 0.29) is 0 Å². The Labute approximate surface area is 110 Å². The van der Waals surface area contributed by atoms with Gasteiger partial charge in [-0.05, 0) is 17.7 Å². The van der Waals surface area contributed by atoms with E-state index < -0.39 is 0 Å². The number of rotatable bonds is 2. The summed E-state index contributed by atoms with van der Waals surface area (Å²) >= 11 is 0. The van der Waals surface area contributed by atoms with E-state index in [4.69, 9.17) is 0 Å². The van der Waals surface area contributed by atoms with Crippen molar-refractivity contribution in [3.05, 3.63) is 48.7 Å². The van der Waals surface area contributed by atoms with Crippen LogP contribution in [0.2, 0.25) is 0 Å². The number of anilines is 1. The van der Waals surface area contributed by atoms with Gasteiger partial charge in [-0.25, -0.2) is 9.97 Å². The molecule has 0 bridgehead atoms. The van der Waals surface area contributed by atoms with E-state index in [0.29, 0.717) is 5.92 Å². The first kappa shape index (κ1) is 10.5. The normalized spacial score (nSPS) is 15.7. The summed E-state index contributed by atoms with van der Waals surface area (Å²) in [5.74, 6) is 1.57. The van der Waals surface area contributed by atoms with Crippen molar-refractivity contribution in [3.8, 4) is 0 Å². The van der Waals surface area contributed by atoms with E-state index in [1.807, 2.05) is 30.7 Å². The van der Waals surface area contributed by atoms with Crippen LogP contribution in [0.1, 0.15) is 11.5 Å². The van der Waals surface area contributed by atoms with E-state index in [1.165, 1.54) is 5.56 Å². The Morgan fingerprint density at radius 3 is 3.00 bits per heavy atom. The number of pyridine rings is 1. The van der Waals surface area contributed by atoms with Gasteiger partial charge in [0.25, 0.3) is 0 Å². The zero-order chi connectivity index (χ0) is 12.7. The van der Waals surface area contributed by atoms with Crippen LogP contribution in [0.3, 0.4) is 0 Å². The Morgan fingerprint density at radius 2 is 2.16 bits per heavy atom. The highest BCUT2D eigenvalue weighted by molar-refractivity contribution is 5.87. The third-order valence-electron chi connectivity index (χ3n) is 3.67. The lowest BCUT2D eigenvalue weighted by Gasteiger charge is -2.40. The quantitative estimate of drug-likeness (QED) is 0.756. The second-order valence-corrected chi connectivity index (χ2v) is 4.83. The molecule has 5 nitrogen and oxygen atoms in total. The molecule has 5 heteroatoms. The summed E-state index contributed by atoms with van der Waals surface area (Å²) in [6.07, 6.45) is 7.29. The lowest BCUT2D eigenvalue weighted by atomic mass is 9.92. The molecule has 1 saturated heterocycles. The van der Waals surface area contributed by atoms with Crippen molar-refractivity contribution in [2.24, 2.45) is 0 Å². The topological polar surface area (TPSA) is 57.7 Å². The van der Waals surface area contributed by atoms with Gasteiger partial charge < -0.3 is 9.88 Å². The Bertz CT molecular complexity index is 700. The average molecular weight is 251 g/mol. The molecule has 0 unspecified atom stereocenters. The van der Waals surface area contributed by atoms with Crippen molar-refractivity contribution in [2.75, 3.05) is 18.0 Å². The highest BCUT2D eigenvalue weighted by Crippen LogP contribution is 2.33. The van der Waals surface area contributed by atoms with Crippen LogP contribution < -0.4 is 4.90 Å². The molecular weight excluding hydrogens is 238 g/mol. The number of hydrogen-bond acceptors (Lipinski definition) is 4. The Hall–Kier alpha value is -2.43. The molecule has 1 fully saturated rings. The molecule has 4 rings (SSSR count). The Morgan fingerprint density at radius 1 is 1.21 bits per heavy atom. The third-order valence-corrected chi connectivity index (χ3v) is 3.67. The minimum absolute atomic E-state index is 0.553. The predicted octanol–water partition coefficient (Wildman–Crippen LogP) is 1.96. The molecule has 1 aliphatic rings. The van der Waals surface area contributed by atoms with Crippen LogP contribution in [-0.4, -0.2) is 33.0 Å². The van der Waals surface area contributed by atoms with Crippen molar-refractivity contribution in [1.82, 2.24) is 19.9 Å². The number of H-pyrrole nitrogens is 1. The van der Waals surface area contributed by atoms with Gasteiger partial charge in [-0.3, -0.25) is 4.98 Å². The van der Waals surface area contributed by atoms with E-state index in [0.717, 1.165) is 29.9 Å². The van der Waals surface area contributed by atoms with Gasteiger partial charge in [0.1, 0.15) is 17.8 Å². The van der Waals surface area contributed by atoms with Crippen LogP contribution in [0.5, 0.6) is 0 Å². The molecule has 19 heavy (non-hydrogen) atoms. The van der Waals surface area contributed by atoms with Gasteiger partial charge >= 0.3 is 0 Å². The summed E-state index contributed by atoms with van der Waals surface area (Å²) in [6, 6.07) is 6.16. The minimum atomic E-state index is 0.553. The van der Waals surface area contributed by atoms with Crippen LogP contribution in [0.4, 0.5) is 5.82 Å². The van der Waals surface area contributed by atoms with Gasteiger partial charge in [0.2, 0.25) is 0 Å². The van der Waals surface area contributed by atoms with Crippen molar-refractivity contribution in [3.63, 3.8) is 0 Å². The van der Waals surface area contributed by atoms with Crippen molar-refractivity contribution in [1.29, 1.82) is 0 Å². The second-order valence-electron chi connectivity index (χ2n) is 4.83. The summed E-state index contributed by atoms with van der Waals surface area (Å²) in [5, 5.41) is 1.09. The first-order chi connectivity index (χ1) is 9.42. The van der Waals surface area contributed by atoms with Gasteiger partial charge in [-0.1, -0.05) is 6.07 Å². The smallest absolute Gasteiger partial charge is 0.142 e. The van der Waals surface area contributed by atoms with Gasteiger partial charge in [-0.15, -0.1) is 0 Å². The molecule has 0 saturated carbocycles. The number of nitrogens with zero attached hydrogens (tertiary/aromatic N) is 4. The van der Waals surface area contributed by atoms with Crippen LogP contribution in [0.25, 0.3) is 11.0 Å². The summed E-state index contributed by atoms with van der Waals surface area (Å²) in [7, 11) is 0. The van der Waals surface area contributed by atoms with E-state index in [9.17, 15) is 0 Å². The van der Waals surface area contributed by atoms with Gasteiger partial charge in [0.05, 0.1) is 5.39 Å². The molecule has 0 amide bonds.